The maximum atomic E-state index is 6.61. The summed E-state index contributed by atoms with van der Waals surface area (Å²) in [6, 6.07) is 0.260. The lowest BCUT2D eigenvalue weighted by Gasteiger charge is -2.46. The summed E-state index contributed by atoms with van der Waals surface area (Å²) in [6.07, 6.45) is 11.8. The Bertz CT molecular complexity index is 237. The van der Waals surface area contributed by atoms with E-state index in [1.165, 1.54) is 57.8 Å². The normalized spacial score (nSPS) is 37.9. The van der Waals surface area contributed by atoms with E-state index in [-0.39, 0.29) is 11.6 Å². The molecule has 0 amide bonds. The van der Waals surface area contributed by atoms with Gasteiger partial charge < -0.3 is 10.5 Å². The molecule has 2 heteroatoms. The third-order valence-electron chi connectivity index (χ3n) is 5.16. The Hall–Kier alpha value is -0.0800. The Kier molecular flexibility index (Phi) is 4.48. The summed E-state index contributed by atoms with van der Waals surface area (Å²) >= 11 is 0. The fraction of sp³-hybridized carbons (Fsp3) is 1.00. The summed E-state index contributed by atoms with van der Waals surface area (Å²) in [5.74, 6) is 1.48. The first kappa shape index (κ1) is 13.4. The standard InChI is InChI=1S/C15H29NO/c1-12-7-6-10-15(11-12,17-2)14(16)13-8-4-3-5-9-13/h12-14H,3-11,16H2,1-2H3. The lowest BCUT2D eigenvalue weighted by atomic mass is 9.68. The van der Waals surface area contributed by atoms with Crippen LogP contribution in [0.5, 0.6) is 0 Å². The molecule has 0 bridgehead atoms. The summed E-state index contributed by atoms with van der Waals surface area (Å²) in [5, 5.41) is 0. The van der Waals surface area contributed by atoms with Crippen LogP contribution in [0.3, 0.4) is 0 Å². The van der Waals surface area contributed by atoms with Crippen molar-refractivity contribution in [2.24, 2.45) is 17.6 Å². The largest absolute Gasteiger partial charge is 0.377 e. The smallest absolute Gasteiger partial charge is 0.0834 e. The van der Waals surface area contributed by atoms with Gasteiger partial charge >= 0.3 is 0 Å². The van der Waals surface area contributed by atoms with Crippen LogP contribution in [0.4, 0.5) is 0 Å². The minimum absolute atomic E-state index is 0.0142. The van der Waals surface area contributed by atoms with Gasteiger partial charge in [-0.1, -0.05) is 39.0 Å². The molecule has 17 heavy (non-hydrogen) atoms. The fourth-order valence-electron chi connectivity index (χ4n) is 4.09. The fourth-order valence-corrected chi connectivity index (χ4v) is 4.09. The highest BCUT2D eigenvalue weighted by molar-refractivity contribution is 4.98. The lowest BCUT2D eigenvalue weighted by molar-refractivity contribution is -0.0859. The Balaban J connectivity index is 2.04. The van der Waals surface area contributed by atoms with Gasteiger partial charge in [0.05, 0.1) is 5.60 Å². The van der Waals surface area contributed by atoms with E-state index in [2.05, 4.69) is 6.92 Å². The van der Waals surface area contributed by atoms with Crippen LogP contribution in [-0.4, -0.2) is 18.8 Å². The van der Waals surface area contributed by atoms with Crippen LogP contribution in [-0.2, 0) is 4.74 Å². The van der Waals surface area contributed by atoms with Gasteiger partial charge in [0.1, 0.15) is 0 Å². The Morgan fingerprint density at radius 3 is 2.41 bits per heavy atom. The molecule has 2 nitrogen and oxygen atoms in total. The Labute approximate surface area is 106 Å². The number of hydrogen-bond donors (Lipinski definition) is 1. The third-order valence-corrected chi connectivity index (χ3v) is 5.16. The molecule has 0 aromatic rings. The molecule has 2 rings (SSSR count). The third kappa shape index (κ3) is 2.85. The number of nitrogens with two attached hydrogens (primary N) is 1. The summed E-state index contributed by atoms with van der Waals surface area (Å²) in [7, 11) is 1.88. The first-order valence-electron chi connectivity index (χ1n) is 7.49. The van der Waals surface area contributed by atoms with E-state index >= 15 is 0 Å². The molecule has 2 saturated carbocycles. The van der Waals surface area contributed by atoms with E-state index in [9.17, 15) is 0 Å². The van der Waals surface area contributed by atoms with Gasteiger partial charge in [0.15, 0.2) is 0 Å². The van der Waals surface area contributed by atoms with Crippen molar-refractivity contribution in [3.05, 3.63) is 0 Å². The number of rotatable bonds is 3. The second kappa shape index (κ2) is 5.71. The molecule has 2 N–H and O–H groups in total. The molecular formula is C15H29NO. The van der Waals surface area contributed by atoms with Crippen LogP contribution in [0.2, 0.25) is 0 Å². The van der Waals surface area contributed by atoms with Crippen molar-refractivity contribution in [2.45, 2.75) is 76.4 Å². The minimum atomic E-state index is -0.0142. The van der Waals surface area contributed by atoms with Gasteiger partial charge in [-0.15, -0.1) is 0 Å². The van der Waals surface area contributed by atoms with Gasteiger partial charge in [-0.05, 0) is 37.5 Å². The first-order valence-corrected chi connectivity index (χ1v) is 7.49. The average Bonchev–Trinajstić information content (AvgIpc) is 2.38. The number of ether oxygens (including phenoxy) is 1. The molecular weight excluding hydrogens is 210 g/mol. The zero-order valence-corrected chi connectivity index (χ0v) is 11.6. The summed E-state index contributed by atoms with van der Waals surface area (Å²) in [5.41, 5.74) is 6.59. The van der Waals surface area contributed by atoms with Crippen molar-refractivity contribution in [1.82, 2.24) is 0 Å². The zero-order valence-electron chi connectivity index (χ0n) is 11.6. The van der Waals surface area contributed by atoms with E-state index < -0.39 is 0 Å². The highest BCUT2D eigenvalue weighted by Gasteiger charge is 2.43. The topological polar surface area (TPSA) is 35.2 Å². The summed E-state index contributed by atoms with van der Waals surface area (Å²) < 4.78 is 5.94. The molecule has 0 heterocycles. The predicted octanol–water partition coefficient (Wildman–Crippen LogP) is 3.49. The molecule has 0 aromatic carbocycles. The van der Waals surface area contributed by atoms with Crippen LogP contribution < -0.4 is 5.73 Å². The summed E-state index contributed by atoms with van der Waals surface area (Å²) in [6.45, 7) is 2.35. The van der Waals surface area contributed by atoms with Crippen molar-refractivity contribution >= 4 is 0 Å². The van der Waals surface area contributed by atoms with Crippen molar-refractivity contribution in [3.63, 3.8) is 0 Å². The maximum absolute atomic E-state index is 6.61. The highest BCUT2D eigenvalue weighted by atomic mass is 16.5. The van der Waals surface area contributed by atoms with E-state index in [1.54, 1.807) is 0 Å². The average molecular weight is 239 g/mol. The molecule has 0 aliphatic heterocycles. The second-order valence-electron chi connectivity index (χ2n) is 6.39. The van der Waals surface area contributed by atoms with E-state index in [0.29, 0.717) is 5.92 Å². The molecule has 0 saturated heterocycles. The first-order chi connectivity index (χ1) is 8.18. The van der Waals surface area contributed by atoms with Crippen LogP contribution in [0.25, 0.3) is 0 Å². The highest BCUT2D eigenvalue weighted by Crippen LogP contribution is 2.41. The van der Waals surface area contributed by atoms with Gasteiger partial charge in [-0.2, -0.15) is 0 Å². The second-order valence-corrected chi connectivity index (χ2v) is 6.39. The molecule has 3 atom stereocenters. The number of hydrogen-bond acceptors (Lipinski definition) is 2. The van der Waals surface area contributed by atoms with Gasteiger partial charge in [0.25, 0.3) is 0 Å². The van der Waals surface area contributed by atoms with E-state index in [0.717, 1.165) is 5.92 Å². The zero-order chi connectivity index (χ0) is 12.3. The van der Waals surface area contributed by atoms with Crippen LogP contribution in [0.1, 0.15) is 64.7 Å². The molecule has 2 aliphatic carbocycles. The van der Waals surface area contributed by atoms with Crippen molar-refractivity contribution in [2.75, 3.05) is 7.11 Å². The van der Waals surface area contributed by atoms with Crippen molar-refractivity contribution in [1.29, 1.82) is 0 Å². The molecule has 0 radical (unpaired) electrons. The molecule has 2 aliphatic rings. The van der Waals surface area contributed by atoms with Gasteiger partial charge in [-0.3, -0.25) is 0 Å². The Morgan fingerprint density at radius 1 is 1.12 bits per heavy atom. The van der Waals surface area contributed by atoms with Gasteiger partial charge in [-0.25, -0.2) is 0 Å². The quantitative estimate of drug-likeness (QED) is 0.818. The SMILES string of the molecule is COC1(C(N)C2CCCCC2)CCCC(C)C1. The predicted molar refractivity (Wildman–Crippen MR) is 71.9 cm³/mol. The molecule has 0 aromatic heterocycles. The van der Waals surface area contributed by atoms with Crippen molar-refractivity contribution < 1.29 is 4.74 Å². The van der Waals surface area contributed by atoms with E-state index in [4.69, 9.17) is 10.5 Å². The number of methoxy groups -OCH3 is 1. The van der Waals surface area contributed by atoms with Crippen LogP contribution in [0, 0.1) is 11.8 Å². The monoisotopic (exact) mass is 239 g/mol. The van der Waals surface area contributed by atoms with Crippen LogP contribution in [0.15, 0.2) is 0 Å². The maximum Gasteiger partial charge on any atom is 0.0834 e. The van der Waals surface area contributed by atoms with Gasteiger partial charge in [0, 0.05) is 13.2 Å². The molecule has 2 fully saturated rings. The summed E-state index contributed by atoms with van der Waals surface area (Å²) in [4.78, 5) is 0. The molecule has 0 spiro atoms. The van der Waals surface area contributed by atoms with E-state index in [1.807, 2.05) is 7.11 Å². The molecule has 100 valence electrons. The minimum Gasteiger partial charge on any atom is -0.377 e. The Morgan fingerprint density at radius 2 is 1.82 bits per heavy atom. The molecule has 3 unspecified atom stereocenters. The lowest BCUT2D eigenvalue weighted by Crippen LogP contribution is -2.56. The van der Waals surface area contributed by atoms with Crippen molar-refractivity contribution in [3.8, 4) is 0 Å². The van der Waals surface area contributed by atoms with Gasteiger partial charge in [0.2, 0.25) is 0 Å². The van der Waals surface area contributed by atoms with Crippen LogP contribution >= 0.6 is 0 Å².